The molecule has 0 aromatic heterocycles. The molecule has 5 heteroatoms. The fourth-order valence-corrected chi connectivity index (χ4v) is 2.43. The first kappa shape index (κ1) is 14.2. The van der Waals surface area contributed by atoms with Gasteiger partial charge in [-0.1, -0.05) is 6.92 Å². The Kier molecular flexibility index (Phi) is 5.05. The van der Waals surface area contributed by atoms with E-state index in [1.807, 2.05) is 19.1 Å². The number of aliphatic imine (C=N–C) groups is 1. The van der Waals surface area contributed by atoms with Gasteiger partial charge < -0.3 is 10.0 Å². The standard InChI is InChI=1S/C14H19N3OS/c1-2-14(18)17-9-7-16(8-10-17)13-5-3-12(4-6-13)15-11-19/h3-6,14,18H,2,7-10H2,1H3. The Hall–Kier alpha value is -1.26. The molecule has 0 spiro atoms. The van der Waals surface area contributed by atoms with Gasteiger partial charge in [0.25, 0.3) is 0 Å². The van der Waals surface area contributed by atoms with Gasteiger partial charge in [-0.05, 0) is 42.9 Å². The molecular formula is C14H19N3OS. The molecule has 1 atom stereocenters. The Bertz CT molecular complexity index is 448. The average Bonchev–Trinajstić information content (AvgIpc) is 2.48. The van der Waals surface area contributed by atoms with Crippen molar-refractivity contribution < 1.29 is 5.11 Å². The van der Waals surface area contributed by atoms with Crippen LogP contribution < -0.4 is 4.90 Å². The van der Waals surface area contributed by atoms with Crippen LogP contribution in [0, 0.1) is 0 Å². The fraction of sp³-hybridized carbons (Fsp3) is 0.500. The number of anilines is 1. The zero-order valence-electron chi connectivity index (χ0n) is 11.1. The van der Waals surface area contributed by atoms with Crippen LogP contribution in [0.5, 0.6) is 0 Å². The molecule has 1 heterocycles. The van der Waals surface area contributed by atoms with Crippen LogP contribution in [0.25, 0.3) is 0 Å². The van der Waals surface area contributed by atoms with E-state index in [0.717, 1.165) is 38.3 Å². The lowest BCUT2D eigenvalue weighted by Crippen LogP contribution is -2.50. The van der Waals surface area contributed by atoms with Crippen LogP contribution >= 0.6 is 12.2 Å². The number of rotatable bonds is 4. The molecule has 0 radical (unpaired) electrons. The number of isothiocyanates is 1. The van der Waals surface area contributed by atoms with E-state index in [1.165, 1.54) is 5.69 Å². The lowest BCUT2D eigenvalue weighted by molar-refractivity contribution is -0.00191. The smallest absolute Gasteiger partial charge is 0.107 e. The summed E-state index contributed by atoms with van der Waals surface area (Å²) >= 11 is 4.58. The predicted molar refractivity (Wildman–Crippen MR) is 81.2 cm³/mol. The quantitative estimate of drug-likeness (QED) is 0.677. The highest BCUT2D eigenvalue weighted by Gasteiger charge is 2.21. The molecule has 0 saturated carbocycles. The molecule has 1 N–H and O–H groups in total. The van der Waals surface area contributed by atoms with E-state index >= 15 is 0 Å². The first-order valence-corrected chi connectivity index (χ1v) is 7.00. The molecule has 2 rings (SSSR count). The van der Waals surface area contributed by atoms with Gasteiger partial charge in [-0.15, -0.1) is 0 Å². The Morgan fingerprint density at radius 2 is 1.89 bits per heavy atom. The van der Waals surface area contributed by atoms with Crippen LogP contribution in [0.4, 0.5) is 11.4 Å². The summed E-state index contributed by atoms with van der Waals surface area (Å²) in [6, 6.07) is 8.00. The van der Waals surface area contributed by atoms with Crippen molar-refractivity contribution >= 4 is 28.8 Å². The SMILES string of the molecule is CCC(O)N1CCN(c2ccc(N=C=S)cc2)CC1. The third kappa shape index (κ3) is 3.61. The second kappa shape index (κ2) is 6.78. The van der Waals surface area contributed by atoms with Gasteiger partial charge in [-0.25, -0.2) is 0 Å². The van der Waals surface area contributed by atoms with Crippen molar-refractivity contribution in [1.82, 2.24) is 4.90 Å². The molecule has 1 unspecified atom stereocenters. The molecule has 1 aliphatic rings. The van der Waals surface area contributed by atoms with Crippen LogP contribution in [0.1, 0.15) is 13.3 Å². The van der Waals surface area contributed by atoms with Crippen molar-refractivity contribution in [2.75, 3.05) is 31.1 Å². The molecule has 1 aromatic rings. The summed E-state index contributed by atoms with van der Waals surface area (Å²) in [6.07, 6.45) is 0.478. The maximum atomic E-state index is 9.81. The summed E-state index contributed by atoms with van der Waals surface area (Å²) in [4.78, 5) is 8.39. The summed E-state index contributed by atoms with van der Waals surface area (Å²) in [5.74, 6) is 0. The van der Waals surface area contributed by atoms with Gasteiger partial charge in [0.2, 0.25) is 0 Å². The van der Waals surface area contributed by atoms with Gasteiger partial charge in [-0.2, -0.15) is 4.99 Å². The van der Waals surface area contributed by atoms with Crippen molar-refractivity contribution in [3.63, 3.8) is 0 Å². The number of aliphatic hydroxyl groups is 1. The molecule has 0 amide bonds. The van der Waals surface area contributed by atoms with E-state index in [9.17, 15) is 5.11 Å². The van der Waals surface area contributed by atoms with Crippen LogP contribution in [-0.4, -0.2) is 47.6 Å². The highest BCUT2D eigenvalue weighted by molar-refractivity contribution is 7.78. The fourth-order valence-electron chi connectivity index (χ4n) is 2.33. The van der Waals surface area contributed by atoms with Crippen LogP contribution in [0.2, 0.25) is 0 Å². The summed E-state index contributed by atoms with van der Waals surface area (Å²) in [7, 11) is 0. The number of hydrogen-bond acceptors (Lipinski definition) is 5. The van der Waals surface area contributed by atoms with Crippen molar-refractivity contribution in [1.29, 1.82) is 0 Å². The number of hydrogen-bond donors (Lipinski definition) is 1. The van der Waals surface area contributed by atoms with Gasteiger partial charge >= 0.3 is 0 Å². The van der Waals surface area contributed by atoms with E-state index in [0.29, 0.717) is 0 Å². The second-order valence-corrected chi connectivity index (χ2v) is 4.81. The molecule has 19 heavy (non-hydrogen) atoms. The summed E-state index contributed by atoms with van der Waals surface area (Å²) in [5, 5.41) is 12.2. The number of benzene rings is 1. The maximum absolute atomic E-state index is 9.81. The van der Waals surface area contributed by atoms with E-state index in [1.54, 1.807) is 0 Å². The van der Waals surface area contributed by atoms with E-state index in [4.69, 9.17) is 0 Å². The van der Waals surface area contributed by atoms with E-state index in [2.05, 4.69) is 44.3 Å². The Morgan fingerprint density at radius 1 is 1.26 bits per heavy atom. The third-order valence-electron chi connectivity index (χ3n) is 3.49. The largest absolute Gasteiger partial charge is 0.378 e. The molecule has 1 aliphatic heterocycles. The average molecular weight is 277 g/mol. The highest BCUT2D eigenvalue weighted by Crippen LogP contribution is 2.21. The normalized spacial score (nSPS) is 17.9. The molecule has 1 aromatic carbocycles. The summed E-state index contributed by atoms with van der Waals surface area (Å²) < 4.78 is 0. The van der Waals surface area contributed by atoms with Gasteiger partial charge in [0.15, 0.2) is 0 Å². The van der Waals surface area contributed by atoms with Crippen molar-refractivity contribution in [2.45, 2.75) is 19.6 Å². The van der Waals surface area contributed by atoms with Crippen molar-refractivity contribution in [3.8, 4) is 0 Å². The summed E-state index contributed by atoms with van der Waals surface area (Å²) in [6.45, 7) is 5.68. The van der Waals surface area contributed by atoms with Crippen molar-refractivity contribution in [2.24, 2.45) is 4.99 Å². The van der Waals surface area contributed by atoms with Crippen molar-refractivity contribution in [3.05, 3.63) is 24.3 Å². The van der Waals surface area contributed by atoms with Crippen LogP contribution in [0.15, 0.2) is 29.3 Å². The van der Waals surface area contributed by atoms with Crippen LogP contribution in [-0.2, 0) is 0 Å². The van der Waals surface area contributed by atoms with Gasteiger partial charge in [0.05, 0.1) is 10.8 Å². The highest BCUT2D eigenvalue weighted by atomic mass is 32.1. The van der Waals surface area contributed by atoms with Gasteiger partial charge in [-0.3, -0.25) is 4.90 Å². The lowest BCUT2D eigenvalue weighted by atomic mass is 10.2. The Balaban J connectivity index is 1.95. The van der Waals surface area contributed by atoms with E-state index < -0.39 is 0 Å². The molecule has 1 fully saturated rings. The first-order chi connectivity index (χ1) is 9.24. The van der Waals surface area contributed by atoms with Gasteiger partial charge in [0, 0.05) is 31.9 Å². The minimum absolute atomic E-state index is 0.304. The second-order valence-electron chi connectivity index (χ2n) is 4.63. The summed E-state index contributed by atoms with van der Waals surface area (Å²) in [5.41, 5.74) is 2.02. The monoisotopic (exact) mass is 277 g/mol. The zero-order chi connectivity index (χ0) is 13.7. The van der Waals surface area contributed by atoms with E-state index in [-0.39, 0.29) is 6.23 Å². The third-order valence-corrected chi connectivity index (χ3v) is 3.58. The zero-order valence-corrected chi connectivity index (χ0v) is 11.9. The maximum Gasteiger partial charge on any atom is 0.107 e. The number of aliphatic hydroxyl groups excluding tert-OH is 1. The Labute approximate surface area is 119 Å². The number of piperazine rings is 1. The Morgan fingerprint density at radius 3 is 2.42 bits per heavy atom. The minimum Gasteiger partial charge on any atom is -0.378 e. The first-order valence-electron chi connectivity index (χ1n) is 6.59. The number of thiocarbonyl (C=S) groups is 1. The lowest BCUT2D eigenvalue weighted by Gasteiger charge is -2.38. The molecule has 1 saturated heterocycles. The molecule has 4 nitrogen and oxygen atoms in total. The molecule has 102 valence electrons. The number of nitrogens with zero attached hydrogens (tertiary/aromatic N) is 3. The molecule has 0 aliphatic carbocycles. The molecule has 0 bridgehead atoms. The predicted octanol–water partition coefficient (Wildman–Crippen LogP) is 2.27. The minimum atomic E-state index is -0.304. The topological polar surface area (TPSA) is 39.1 Å². The van der Waals surface area contributed by atoms with Gasteiger partial charge in [0.1, 0.15) is 6.23 Å². The molecular weight excluding hydrogens is 258 g/mol. The van der Waals surface area contributed by atoms with Crippen LogP contribution in [0.3, 0.4) is 0 Å².